The fraction of sp³-hybridized carbons (Fsp3) is 0.125. The smallest absolute Gasteiger partial charge is 0.335 e. The molecule has 0 aliphatic heterocycles. The lowest BCUT2D eigenvalue weighted by atomic mass is 10.1. The monoisotopic (exact) mass is 454 g/mol. The van der Waals surface area contributed by atoms with Crippen LogP contribution in [0.5, 0.6) is 17.2 Å². The number of carboxylic acids is 1. The van der Waals surface area contributed by atoms with E-state index < -0.39 is 29.3 Å². The van der Waals surface area contributed by atoms with E-state index >= 15 is 0 Å². The standard InChI is InChI=1S/C9H11NO.C8H9NO.C7H6O5/c1-7(10)9(11)8-5-3-2-4-6-8;9-6-8(10)7-4-2-1-3-5-7;8-4-1-3(7(11)12)2-5(9)6(4)10/h2-7H,10H2,1H3;1-5H,6,9H2;1-2,8-10H,(H,11,12). The third-order valence-corrected chi connectivity index (χ3v) is 4.07. The molecule has 0 fully saturated rings. The molecule has 0 aliphatic rings. The van der Waals surface area contributed by atoms with Crippen molar-refractivity contribution in [1.82, 2.24) is 0 Å². The van der Waals surface area contributed by atoms with Gasteiger partial charge in [0, 0.05) is 11.1 Å². The van der Waals surface area contributed by atoms with Crippen molar-refractivity contribution in [2.24, 2.45) is 11.5 Å². The topological polar surface area (TPSA) is 184 Å². The number of ketones is 2. The van der Waals surface area contributed by atoms with Crippen molar-refractivity contribution in [3.8, 4) is 17.2 Å². The summed E-state index contributed by atoms with van der Waals surface area (Å²) in [5, 5.41) is 35.0. The molecule has 1 atom stereocenters. The number of benzene rings is 3. The molecule has 0 aromatic heterocycles. The van der Waals surface area contributed by atoms with Crippen molar-refractivity contribution in [3.63, 3.8) is 0 Å². The van der Waals surface area contributed by atoms with Gasteiger partial charge in [-0.1, -0.05) is 60.7 Å². The van der Waals surface area contributed by atoms with Gasteiger partial charge in [0.05, 0.1) is 18.2 Å². The molecule has 9 heteroatoms. The van der Waals surface area contributed by atoms with Crippen LogP contribution in [0.1, 0.15) is 38.0 Å². The molecule has 0 radical (unpaired) electrons. The molecule has 33 heavy (non-hydrogen) atoms. The van der Waals surface area contributed by atoms with E-state index in [4.69, 9.17) is 31.9 Å². The summed E-state index contributed by atoms with van der Waals surface area (Å²) in [5.74, 6) is -3.35. The van der Waals surface area contributed by atoms with Crippen molar-refractivity contribution in [2.75, 3.05) is 6.54 Å². The van der Waals surface area contributed by atoms with Crippen LogP contribution in [-0.2, 0) is 0 Å². The molecule has 3 aromatic rings. The van der Waals surface area contributed by atoms with Crippen LogP contribution in [0, 0.1) is 0 Å². The number of carbonyl (C=O) groups is 3. The Labute approximate surface area is 190 Å². The average molecular weight is 454 g/mol. The molecule has 3 rings (SSSR count). The summed E-state index contributed by atoms with van der Waals surface area (Å²) in [6.07, 6.45) is 0. The number of rotatable bonds is 5. The van der Waals surface area contributed by atoms with Crippen LogP contribution in [0.2, 0.25) is 0 Å². The van der Waals surface area contributed by atoms with Crippen molar-refractivity contribution < 1.29 is 34.8 Å². The van der Waals surface area contributed by atoms with Gasteiger partial charge >= 0.3 is 5.97 Å². The lowest BCUT2D eigenvalue weighted by Crippen LogP contribution is -2.26. The molecule has 8 N–H and O–H groups in total. The second-order valence-corrected chi connectivity index (χ2v) is 6.68. The highest BCUT2D eigenvalue weighted by atomic mass is 16.4. The van der Waals surface area contributed by atoms with Gasteiger partial charge in [-0.05, 0) is 19.1 Å². The van der Waals surface area contributed by atoms with Gasteiger partial charge in [-0.15, -0.1) is 0 Å². The molecule has 0 aliphatic carbocycles. The van der Waals surface area contributed by atoms with Crippen molar-refractivity contribution in [2.45, 2.75) is 13.0 Å². The number of carboxylic acid groups (broad SMARTS) is 1. The summed E-state index contributed by atoms with van der Waals surface area (Å²) in [6, 6.07) is 19.4. The van der Waals surface area contributed by atoms with Crippen molar-refractivity contribution in [1.29, 1.82) is 0 Å². The maximum Gasteiger partial charge on any atom is 0.335 e. The number of aromatic carboxylic acids is 1. The summed E-state index contributed by atoms with van der Waals surface area (Å²) in [5.41, 5.74) is 11.7. The van der Waals surface area contributed by atoms with Crippen LogP contribution in [0.25, 0.3) is 0 Å². The molecule has 1 unspecified atom stereocenters. The maximum atomic E-state index is 11.2. The highest BCUT2D eigenvalue weighted by Gasteiger charge is 2.11. The Balaban J connectivity index is 0.000000249. The molecule has 0 spiro atoms. The molecule has 0 saturated carbocycles. The van der Waals surface area contributed by atoms with Crippen LogP contribution >= 0.6 is 0 Å². The highest BCUT2D eigenvalue weighted by molar-refractivity contribution is 5.99. The fourth-order valence-electron chi connectivity index (χ4n) is 2.33. The predicted octanol–water partition coefficient (Wildman–Crippen LogP) is 2.55. The second kappa shape index (κ2) is 13.3. The number of carbonyl (C=O) groups excluding carboxylic acids is 2. The first-order chi connectivity index (χ1) is 15.6. The zero-order valence-electron chi connectivity index (χ0n) is 17.9. The Morgan fingerprint density at radius 1 is 0.788 bits per heavy atom. The molecule has 0 heterocycles. The van der Waals surface area contributed by atoms with E-state index in [2.05, 4.69) is 0 Å². The normalized spacial score (nSPS) is 10.5. The number of hydrogen-bond acceptors (Lipinski definition) is 8. The number of aromatic hydroxyl groups is 3. The van der Waals surface area contributed by atoms with Gasteiger partial charge in [-0.3, -0.25) is 9.59 Å². The average Bonchev–Trinajstić information content (AvgIpc) is 2.83. The Hall–Kier alpha value is -4.21. The second-order valence-electron chi connectivity index (χ2n) is 6.68. The summed E-state index contributed by atoms with van der Waals surface area (Å²) in [7, 11) is 0. The van der Waals surface area contributed by atoms with Crippen LogP contribution in [0.15, 0.2) is 72.8 Å². The van der Waals surface area contributed by atoms with Gasteiger partial charge in [0.1, 0.15) is 0 Å². The Bertz CT molecular complexity index is 1050. The highest BCUT2D eigenvalue weighted by Crippen LogP contribution is 2.35. The van der Waals surface area contributed by atoms with E-state index in [1.807, 2.05) is 36.4 Å². The molecular weight excluding hydrogens is 428 g/mol. The van der Waals surface area contributed by atoms with Gasteiger partial charge in [0.2, 0.25) is 0 Å². The van der Waals surface area contributed by atoms with Gasteiger partial charge in [-0.25, -0.2) is 4.79 Å². The third kappa shape index (κ3) is 8.82. The van der Waals surface area contributed by atoms with Crippen LogP contribution in [0.4, 0.5) is 0 Å². The SMILES string of the molecule is CC(N)C(=O)c1ccccc1.NCC(=O)c1ccccc1.O=C(O)c1cc(O)c(O)c(O)c1. The first kappa shape index (κ1) is 26.8. The number of Topliss-reactive ketones (excluding diaryl/α,β-unsaturated/α-hetero) is 2. The third-order valence-electron chi connectivity index (χ3n) is 4.07. The number of hydrogen-bond donors (Lipinski definition) is 6. The lowest BCUT2D eigenvalue weighted by molar-refractivity contribution is 0.0695. The van der Waals surface area contributed by atoms with E-state index in [-0.39, 0.29) is 23.7 Å². The Morgan fingerprint density at radius 3 is 1.58 bits per heavy atom. The minimum atomic E-state index is -1.29. The quantitative estimate of drug-likeness (QED) is 0.249. The van der Waals surface area contributed by atoms with E-state index in [9.17, 15) is 14.4 Å². The zero-order chi connectivity index (χ0) is 25.0. The zero-order valence-corrected chi connectivity index (χ0v) is 17.9. The van der Waals surface area contributed by atoms with E-state index in [1.165, 1.54) is 0 Å². The first-order valence-electron chi connectivity index (χ1n) is 9.69. The van der Waals surface area contributed by atoms with E-state index in [1.54, 1.807) is 31.2 Å². The van der Waals surface area contributed by atoms with Crippen molar-refractivity contribution in [3.05, 3.63) is 89.5 Å². The summed E-state index contributed by atoms with van der Waals surface area (Å²) in [4.78, 5) is 32.4. The molecule has 9 nitrogen and oxygen atoms in total. The first-order valence-corrected chi connectivity index (χ1v) is 9.69. The lowest BCUT2D eigenvalue weighted by Gasteiger charge is -2.02. The number of phenols is 3. The minimum Gasteiger partial charge on any atom is -0.504 e. The van der Waals surface area contributed by atoms with Gasteiger partial charge in [0.15, 0.2) is 28.8 Å². The summed E-state index contributed by atoms with van der Waals surface area (Å²) >= 11 is 0. The Kier molecular flexibility index (Phi) is 10.8. The van der Waals surface area contributed by atoms with Crippen LogP contribution < -0.4 is 11.5 Å². The molecule has 0 saturated heterocycles. The largest absolute Gasteiger partial charge is 0.504 e. The van der Waals surface area contributed by atoms with E-state index in [0.717, 1.165) is 12.1 Å². The molecule has 0 bridgehead atoms. The van der Waals surface area contributed by atoms with E-state index in [0.29, 0.717) is 11.1 Å². The van der Waals surface area contributed by atoms with Crippen molar-refractivity contribution >= 4 is 17.5 Å². The number of phenolic OH excluding ortho intramolecular Hbond substituents is 3. The van der Waals surface area contributed by atoms with Crippen LogP contribution in [0.3, 0.4) is 0 Å². The predicted molar refractivity (Wildman–Crippen MR) is 123 cm³/mol. The van der Waals surface area contributed by atoms with Gasteiger partial charge in [0.25, 0.3) is 0 Å². The van der Waals surface area contributed by atoms with Gasteiger partial charge in [-0.2, -0.15) is 0 Å². The molecule has 0 amide bonds. The fourth-order valence-corrected chi connectivity index (χ4v) is 2.33. The molecule has 3 aromatic carbocycles. The number of nitrogens with two attached hydrogens (primary N) is 2. The van der Waals surface area contributed by atoms with Gasteiger partial charge < -0.3 is 31.9 Å². The maximum absolute atomic E-state index is 11.2. The minimum absolute atomic E-state index is 0.00870. The Morgan fingerprint density at radius 2 is 1.21 bits per heavy atom. The summed E-state index contributed by atoms with van der Waals surface area (Å²) in [6.45, 7) is 1.78. The van der Waals surface area contributed by atoms with Crippen LogP contribution in [-0.4, -0.2) is 50.5 Å². The molecule has 174 valence electrons. The summed E-state index contributed by atoms with van der Waals surface area (Å²) < 4.78 is 0. The molecular formula is C24H26N2O7.